The second-order valence-corrected chi connectivity index (χ2v) is 29.9. The van der Waals surface area contributed by atoms with Gasteiger partial charge >= 0.3 is 39.5 Å². The summed E-state index contributed by atoms with van der Waals surface area (Å²) in [5, 5.41) is 10.7. The molecule has 2 unspecified atom stereocenters. The minimum absolute atomic E-state index is 0.0284. The lowest BCUT2D eigenvalue weighted by Crippen LogP contribution is -2.30. The number of hydrogen-bond donors (Lipinski definition) is 3. The molecule has 5 atom stereocenters. The molecule has 0 aromatic heterocycles. The van der Waals surface area contributed by atoms with E-state index in [0.29, 0.717) is 44.9 Å². The fourth-order valence-electron chi connectivity index (χ4n) is 10.3. The molecule has 3 N–H and O–H groups in total. The maximum absolute atomic E-state index is 13.1. The normalized spacial score (nSPS) is 14.8. The Balaban J connectivity index is 5.57. The van der Waals surface area contributed by atoms with Crippen LogP contribution in [0, 0.1) is 0 Å². The number of esters is 4. The monoisotopic (exact) mass is 1570 g/mol. The highest BCUT2D eigenvalue weighted by Crippen LogP contribution is 2.45. The van der Waals surface area contributed by atoms with E-state index >= 15 is 0 Å². The number of ether oxygens (including phenoxy) is 4. The summed E-state index contributed by atoms with van der Waals surface area (Å²) in [4.78, 5) is 73.1. The first kappa shape index (κ1) is 104. The van der Waals surface area contributed by atoms with Crippen LogP contribution in [0.3, 0.4) is 0 Å². The Morgan fingerprint density at radius 2 is 0.500 bits per heavy atom. The zero-order valence-corrected chi connectivity index (χ0v) is 69.9. The lowest BCUT2D eigenvalue weighted by Gasteiger charge is -2.21. The van der Waals surface area contributed by atoms with Crippen molar-refractivity contribution in [2.75, 3.05) is 39.6 Å². The van der Waals surface area contributed by atoms with E-state index in [4.69, 9.17) is 37.0 Å². The molecule has 0 rings (SSSR count). The number of carbonyl (C=O) groups is 4. The lowest BCUT2D eigenvalue weighted by molar-refractivity contribution is -0.161. The van der Waals surface area contributed by atoms with E-state index < -0.39 is 97.5 Å². The van der Waals surface area contributed by atoms with E-state index in [1.165, 1.54) is 83.5 Å². The molecule has 0 heterocycles. The lowest BCUT2D eigenvalue weighted by atomic mass is 10.0. The minimum Gasteiger partial charge on any atom is -0.462 e. The molecule has 19 heteroatoms. The van der Waals surface area contributed by atoms with Crippen LogP contribution in [-0.2, 0) is 65.4 Å². The molecule has 0 aliphatic heterocycles. The Morgan fingerprint density at radius 3 is 0.827 bits per heavy atom. The molecule has 0 saturated heterocycles. The average molecular weight is 1570 g/mol. The molecule has 622 valence electrons. The molecule has 0 amide bonds. The highest BCUT2D eigenvalue weighted by molar-refractivity contribution is 7.47. The topological polar surface area (TPSA) is 237 Å². The summed E-state index contributed by atoms with van der Waals surface area (Å²) in [7, 11) is -10.0. The number of carbonyl (C=O) groups excluding carboxylic acids is 4. The summed E-state index contributed by atoms with van der Waals surface area (Å²) in [5.74, 6) is -2.45. The van der Waals surface area contributed by atoms with Crippen LogP contribution in [0.2, 0.25) is 0 Å². The predicted octanol–water partition coefficient (Wildman–Crippen LogP) is 24.9. The van der Waals surface area contributed by atoms with Gasteiger partial charge < -0.3 is 33.8 Å². The van der Waals surface area contributed by atoms with Gasteiger partial charge in [0.05, 0.1) is 26.4 Å². The highest BCUT2D eigenvalue weighted by Gasteiger charge is 2.30. The summed E-state index contributed by atoms with van der Waals surface area (Å²) in [6.07, 6.45) is 100. The van der Waals surface area contributed by atoms with Crippen LogP contribution in [0.4, 0.5) is 0 Å². The third-order valence-corrected chi connectivity index (χ3v) is 18.5. The molecule has 0 aromatic rings. The Kier molecular flexibility index (Phi) is 76.4. The first-order valence-corrected chi connectivity index (χ1v) is 44.7. The van der Waals surface area contributed by atoms with Gasteiger partial charge in [-0.3, -0.25) is 37.3 Å². The molecule has 0 fully saturated rings. The van der Waals surface area contributed by atoms with Gasteiger partial charge in [-0.05, 0) is 141 Å². The van der Waals surface area contributed by atoms with Crippen molar-refractivity contribution in [3.05, 3.63) is 194 Å². The smallest absolute Gasteiger partial charge is 0.462 e. The van der Waals surface area contributed by atoms with Gasteiger partial charge in [-0.25, -0.2) is 9.13 Å². The summed E-state index contributed by atoms with van der Waals surface area (Å²) in [6, 6.07) is 0. The first-order chi connectivity index (χ1) is 53.7. The van der Waals surface area contributed by atoms with Gasteiger partial charge in [0.1, 0.15) is 19.3 Å². The maximum atomic E-state index is 13.1. The third kappa shape index (κ3) is 80.0. The van der Waals surface area contributed by atoms with Crippen molar-refractivity contribution in [3.63, 3.8) is 0 Å². The molecular formula is C91H146O17P2. The summed E-state index contributed by atoms with van der Waals surface area (Å²) in [5.41, 5.74) is 0. The average Bonchev–Trinajstić information content (AvgIpc) is 0.882. The second-order valence-electron chi connectivity index (χ2n) is 27.0. The van der Waals surface area contributed by atoms with Gasteiger partial charge in [0, 0.05) is 25.7 Å². The third-order valence-electron chi connectivity index (χ3n) is 16.6. The van der Waals surface area contributed by atoms with E-state index in [9.17, 15) is 43.2 Å². The molecule has 0 aliphatic rings. The molecule has 0 aliphatic carbocycles. The Morgan fingerprint density at radius 1 is 0.264 bits per heavy atom. The number of rotatable bonds is 76. The standard InChI is InChI=1S/C91H146O17P2/c1-5-9-13-17-21-25-29-33-37-40-42-45-49-52-56-60-64-68-72-76-89(94)102-81-86(107-90(95)77-73-69-65-61-57-53-47-36-32-28-24-20-16-12-8-4)83-105-109(97,98)103-79-85(92)80-104-110(99,100)106-84-87(82-101-88(93)75-71-67-63-59-55-51-48-44-39-35-31-27-23-19-15-11-7-3)108-91(96)78-74-70-66-62-58-54-50-46-43-41-38-34-30-26-22-18-14-10-6-2/h9-10,13-14,21-23,25-27,33-35,37-39,42-43,45-46,48,51-52,54,56,58-59,63-64,66,68,70,85-87,92H,5-8,11-12,15-20,24,28-32,36,40-41,44,47,49-50,53,55,57,60-62,65,67,69,71-84H2,1-4H3,(H,97,98)(H,99,100)/b13-9-,14-10-,25-21-,26-22-,27-23-,37-33-,38-34-,39-35-,45-42-,46-43-,51-48-,56-52-,58-54-,63-59-,68-64-,70-66-/t85-,86-,87-/m1/s1. The largest absolute Gasteiger partial charge is 0.472 e. The van der Waals surface area contributed by atoms with Gasteiger partial charge in [0.2, 0.25) is 0 Å². The van der Waals surface area contributed by atoms with Crippen LogP contribution in [0.5, 0.6) is 0 Å². The molecule has 0 spiro atoms. The van der Waals surface area contributed by atoms with Gasteiger partial charge in [-0.1, -0.05) is 325 Å². The van der Waals surface area contributed by atoms with E-state index in [-0.39, 0.29) is 25.7 Å². The summed E-state index contributed by atoms with van der Waals surface area (Å²) >= 11 is 0. The van der Waals surface area contributed by atoms with Crippen molar-refractivity contribution in [2.24, 2.45) is 0 Å². The van der Waals surface area contributed by atoms with Gasteiger partial charge in [-0.15, -0.1) is 0 Å². The molecule has 0 bridgehead atoms. The van der Waals surface area contributed by atoms with Crippen molar-refractivity contribution < 1.29 is 80.2 Å². The molecule has 110 heavy (non-hydrogen) atoms. The van der Waals surface area contributed by atoms with Gasteiger partial charge in [0.25, 0.3) is 0 Å². The Hall–Kier alpha value is -6.10. The van der Waals surface area contributed by atoms with Crippen LogP contribution in [0.25, 0.3) is 0 Å². The Labute approximate surface area is 666 Å². The number of allylic oxidation sites excluding steroid dienone is 32. The van der Waals surface area contributed by atoms with E-state index in [1.807, 2.05) is 48.6 Å². The first-order valence-electron chi connectivity index (χ1n) is 41.7. The molecular weight excluding hydrogens is 1430 g/mol. The maximum Gasteiger partial charge on any atom is 0.472 e. The van der Waals surface area contributed by atoms with Crippen molar-refractivity contribution >= 4 is 39.5 Å². The van der Waals surface area contributed by atoms with Crippen molar-refractivity contribution in [1.82, 2.24) is 0 Å². The number of phosphoric acid groups is 2. The minimum atomic E-state index is -5.03. The number of aliphatic hydroxyl groups is 1. The predicted molar refractivity (Wildman–Crippen MR) is 454 cm³/mol. The fraction of sp³-hybridized carbons (Fsp3) is 0.604. The SMILES string of the molecule is CC/C=C\C/C=C\C/C=C\C/C=C\C/C=C\C/C=C\CCC(=O)OC[C@H](COP(=O)(O)OC[C@@H](O)COP(=O)(O)OC[C@@H](COC(=O)CCC/C=C\C/C=C\C/C=C\C/C=C\CCCCC)OC(=O)CC/C=C\C/C=C\C/C=C\C/C=C\C/C=C\C/C=C\CC)OC(=O)CCCCCCCCCCCCCCCCC. The van der Waals surface area contributed by atoms with Gasteiger partial charge in [-0.2, -0.15) is 0 Å². The highest BCUT2D eigenvalue weighted by atomic mass is 31.2. The van der Waals surface area contributed by atoms with Crippen LogP contribution >= 0.6 is 15.6 Å². The van der Waals surface area contributed by atoms with Crippen molar-refractivity contribution in [3.8, 4) is 0 Å². The molecule has 17 nitrogen and oxygen atoms in total. The summed E-state index contributed by atoms with van der Waals surface area (Å²) in [6.45, 7) is 4.38. The number of aliphatic hydroxyl groups excluding tert-OH is 1. The molecule has 0 saturated carbocycles. The summed E-state index contributed by atoms with van der Waals surface area (Å²) < 4.78 is 68.5. The van der Waals surface area contributed by atoms with Crippen LogP contribution in [0.1, 0.15) is 297 Å². The molecule has 0 radical (unpaired) electrons. The molecule has 0 aromatic carbocycles. The number of unbranched alkanes of at least 4 members (excludes halogenated alkanes) is 18. The van der Waals surface area contributed by atoms with Crippen molar-refractivity contribution in [2.45, 2.75) is 316 Å². The van der Waals surface area contributed by atoms with E-state index in [2.05, 4.69) is 174 Å². The van der Waals surface area contributed by atoms with Gasteiger partial charge in [0.15, 0.2) is 12.2 Å². The fourth-order valence-corrected chi connectivity index (χ4v) is 11.9. The van der Waals surface area contributed by atoms with Crippen molar-refractivity contribution in [1.29, 1.82) is 0 Å². The number of phosphoric ester groups is 2. The zero-order chi connectivity index (χ0) is 80.3. The number of hydrogen-bond acceptors (Lipinski definition) is 15. The second kappa shape index (κ2) is 80.9. The van der Waals surface area contributed by atoms with Crippen LogP contribution in [-0.4, -0.2) is 96.7 Å². The van der Waals surface area contributed by atoms with E-state index in [1.54, 1.807) is 0 Å². The zero-order valence-electron chi connectivity index (χ0n) is 68.1. The Bertz CT molecular complexity index is 2850. The van der Waals surface area contributed by atoms with E-state index in [0.717, 1.165) is 116 Å². The quantitative estimate of drug-likeness (QED) is 0.0169. The van der Waals surface area contributed by atoms with Crippen LogP contribution < -0.4 is 0 Å². The van der Waals surface area contributed by atoms with Crippen LogP contribution in [0.15, 0.2) is 194 Å².